The average molecular weight is 406 g/mol. The summed E-state index contributed by atoms with van der Waals surface area (Å²) < 4.78 is 6.99. The van der Waals surface area contributed by atoms with Crippen LogP contribution in [0.1, 0.15) is 41.7 Å². The number of hydrogen-bond donors (Lipinski definition) is 1. The zero-order chi connectivity index (χ0) is 21.0. The number of nitrogens with one attached hydrogen (secondary N) is 1. The molecule has 0 saturated heterocycles. The van der Waals surface area contributed by atoms with Crippen LogP contribution in [0.2, 0.25) is 0 Å². The number of aromatic nitrogens is 4. The second kappa shape index (κ2) is 9.18. The molecule has 2 rings (SSSR count). The normalized spacial score (nSPS) is 12.0. The molecule has 0 spiro atoms. The molecule has 152 valence electrons. The molecular formula is C19H27N5O3S. The predicted octanol–water partition coefficient (Wildman–Crippen LogP) is 2.67. The zero-order valence-electron chi connectivity index (χ0n) is 17.4. The maximum Gasteiger partial charge on any atom is 0.306 e. The summed E-state index contributed by atoms with van der Waals surface area (Å²) >= 11 is 1.48. The van der Waals surface area contributed by atoms with Gasteiger partial charge in [0.15, 0.2) is 11.3 Å². The van der Waals surface area contributed by atoms with Crippen LogP contribution in [0.3, 0.4) is 0 Å². The van der Waals surface area contributed by atoms with Gasteiger partial charge in [-0.1, -0.05) is 11.8 Å². The zero-order valence-corrected chi connectivity index (χ0v) is 18.2. The highest BCUT2D eigenvalue weighted by Gasteiger charge is 2.21. The van der Waals surface area contributed by atoms with Crippen LogP contribution in [0.15, 0.2) is 5.16 Å². The highest BCUT2D eigenvalue weighted by atomic mass is 32.2. The molecule has 1 N–H and O–H groups in total. The summed E-state index contributed by atoms with van der Waals surface area (Å²) in [5.41, 5.74) is 4.85. The molecule has 1 amide bonds. The molecule has 0 aliphatic rings. The Hall–Kier alpha value is -2.42. The molecular weight excluding hydrogens is 378 g/mol. The Labute approximate surface area is 169 Å². The lowest BCUT2D eigenvalue weighted by Crippen LogP contribution is -2.30. The highest BCUT2D eigenvalue weighted by molar-refractivity contribution is 7.98. The summed E-state index contributed by atoms with van der Waals surface area (Å²) in [5, 5.41) is 7.76. The number of rotatable bonds is 7. The van der Waals surface area contributed by atoms with Gasteiger partial charge in [0, 0.05) is 24.9 Å². The van der Waals surface area contributed by atoms with Gasteiger partial charge < -0.3 is 10.1 Å². The Morgan fingerprint density at radius 1 is 1.14 bits per heavy atom. The molecule has 8 nitrogen and oxygen atoms in total. The van der Waals surface area contributed by atoms with Crippen molar-refractivity contribution >= 4 is 29.3 Å². The Morgan fingerprint density at radius 3 is 2.25 bits per heavy atom. The van der Waals surface area contributed by atoms with Crippen molar-refractivity contribution in [3.8, 4) is 0 Å². The molecule has 28 heavy (non-hydrogen) atoms. The van der Waals surface area contributed by atoms with Gasteiger partial charge in [-0.05, 0) is 52.9 Å². The van der Waals surface area contributed by atoms with E-state index >= 15 is 0 Å². The Morgan fingerprint density at radius 2 is 1.75 bits per heavy atom. The van der Waals surface area contributed by atoms with Crippen molar-refractivity contribution in [3.63, 3.8) is 0 Å². The van der Waals surface area contributed by atoms with E-state index in [4.69, 9.17) is 4.74 Å². The first-order valence-electron chi connectivity index (χ1n) is 9.02. The van der Waals surface area contributed by atoms with Gasteiger partial charge >= 0.3 is 5.97 Å². The predicted molar refractivity (Wildman–Crippen MR) is 108 cm³/mol. The lowest BCUT2D eigenvalue weighted by Gasteiger charge is -2.14. The molecule has 0 radical (unpaired) electrons. The van der Waals surface area contributed by atoms with E-state index in [2.05, 4.69) is 20.4 Å². The van der Waals surface area contributed by atoms with Gasteiger partial charge in [-0.15, -0.1) is 0 Å². The largest absolute Gasteiger partial charge is 0.453 e. The SMILES string of the molecule is CSc1nc(C)c(CCC(=O)O[C@@H](C)C(=O)Nc2c(C)nn(C)c2C)c(C)n1. The van der Waals surface area contributed by atoms with Crippen molar-refractivity contribution in [2.24, 2.45) is 7.05 Å². The van der Waals surface area contributed by atoms with Gasteiger partial charge in [0.1, 0.15) is 0 Å². The number of aryl methyl sites for hydroxylation is 4. The third kappa shape index (κ3) is 5.09. The van der Waals surface area contributed by atoms with E-state index in [1.54, 1.807) is 18.7 Å². The quantitative estimate of drug-likeness (QED) is 0.429. The fraction of sp³-hybridized carbons (Fsp3) is 0.526. The second-order valence-electron chi connectivity index (χ2n) is 6.65. The summed E-state index contributed by atoms with van der Waals surface area (Å²) in [6.45, 7) is 9.05. The lowest BCUT2D eigenvalue weighted by atomic mass is 10.1. The number of anilines is 1. The number of hydrogen-bond acceptors (Lipinski definition) is 7. The summed E-state index contributed by atoms with van der Waals surface area (Å²) in [5.74, 6) is -0.817. The fourth-order valence-corrected chi connectivity index (χ4v) is 3.33. The number of carbonyl (C=O) groups excluding carboxylic acids is 2. The molecule has 0 fully saturated rings. The minimum absolute atomic E-state index is 0.159. The minimum atomic E-state index is -0.899. The van der Waals surface area contributed by atoms with Crippen molar-refractivity contribution in [1.29, 1.82) is 0 Å². The van der Waals surface area contributed by atoms with Crippen LogP contribution < -0.4 is 5.32 Å². The Balaban J connectivity index is 1.93. The van der Waals surface area contributed by atoms with Gasteiger partial charge in [-0.2, -0.15) is 5.10 Å². The van der Waals surface area contributed by atoms with Gasteiger partial charge in [0.2, 0.25) is 0 Å². The molecule has 0 aliphatic heterocycles. The molecule has 2 aromatic rings. The van der Waals surface area contributed by atoms with E-state index in [-0.39, 0.29) is 12.3 Å². The Bertz CT molecular complexity index is 871. The molecule has 0 unspecified atom stereocenters. The van der Waals surface area contributed by atoms with Crippen molar-refractivity contribution < 1.29 is 14.3 Å². The highest BCUT2D eigenvalue weighted by Crippen LogP contribution is 2.19. The topological polar surface area (TPSA) is 99.0 Å². The maximum absolute atomic E-state index is 12.4. The summed E-state index contributed by atoms with van der Waals surface area (Å²) in [7, 11) is 1.81. The van der Waals surface area contributed by atoms with Crippen molar-refractivity contribution in [1.82, 2.24) is 19.7 Å². The third-order valence-electron chi connectivity index (χ3n) is 4.60. The summed E-state index contributed by atoms with van der Waals surface area (Å²) in [6, 6.07) is 0. The molecule has 2 aromatic heterocycles. The van der Waals surface area contributed by atoms with Crippen molar-refractivity contribution in [2.75, 3.05) is 11.6 Å². The van der Waals surface area contributed by atoms with Crippen LogP contribution in [0.25, 0.3) is 0 Å². The third-order valence-corrected chi connectivity index (χ3v) is 5.14. The minimum Gasteiger partial charge on any atom is -0.453 e. The van der Waals surface area contributed by atoms with Crippen LogP contribution >= 0.6 is 11.8 Å². The molecule has 0 aliphatic carbocycles. The summed E-state index contributed by atoms with van der Waals surface area (Å²) in [4.78, 5) is 33.4. The first-order valence-corrected chi connectivity index (χ1v) is 10.2. The average Bonchev–Trinajstić information content (AvgIpc) is 2.86. The maximum atomic E-state index is 12.4. The van der Waals surface area contributed by atoms with Gasteiger partial charge in [0.05, 0.1) is 17.1 Å². The van der Waals surface area contributed by atoms with Crippen LogP contribution in [0, 0.1) is 27.7 Å². The van der Waals surface area contributed by atoms with E-state index in [0.717, 1.165) is 22.6 Å². The molecule has 9 heteroatoms. The standard InChI is InChI=1S/C19H27N5O3S/c1-10-15(11(2)21-19(20-10)28-7)8-9-16(25)27-14(5)18(26)22-17-12(3)23-24(6)13(17)4/h14H,8-9H2,1-7H3,(H,22,26)/t14-/m0/s1. The van der Waals surface area contributed by atoms with E-state index in [0.29, 0.717) is 23.0 Å². The van der Waals surface area contributed by atoms with Crippen LogP contribution in [0.5, 0.6) is 0 Å². The molecule has 2 heterocycles. The number of carbonyl (C=O) groups is 2. The second-order valence-corrected chi connectivity index (χ2v) is 7.42. The number of ether oxygens (including phenoxy) is 1. The van der Waals surface area contributed by atoms with E-state index in [1.165, 1.54) is 11.8 Å². The lowest BCUT2D eigenvalue weighted by molar-refractivity contribution is -0.153. The number of thioether (sulfide) groups is 1. The first-order chi connectivity index (χ1) is 13.1. The molecule has 0 aromatic carbocycles. The number of amides is 1. The number of nitrogens with zero attached hydrogens (tertiary/aromatic N) is 4. The Kier molecular flexibility index (Phi) is 7.17. The molecule has 1 atom stereocenters. The van der Waals surface area contributed by atoms with E-state index in [1.807, 2.05) is 34.0 Å². The van der Waals surface area contributed by atoms with Gasteiger partial charge in [-0.25, -0.2) is 9.97 Å². The summed E-state index contributed by atoms with van der Waals surface area (Å²) in [6.07, 6.45) is 1.66. The van der Waals surface area contributed by atoms with Crippen LogP contribution in [-0.2, 0) is 27.8 Å². The fourth-order valence-electron chi connectivity index (χ4n) is 2.88. The number of esters is 1. The smallest absolute Gasteiger partial charge is 0.306 e. The van der Waals surface area contributed by atoms with Crippen LogP contribution in [0.4, 0.5) is 5.69 Å². The van der Waals surface area contributed by atoms with Crippen LogP contribution in [-0.4, -0.2) is 44.0 Å². The van der Waals surface area contributed by atoms with E-state index in [9.17, 15) is 9.59 Å². The van der Waals surface area contributed by atoms with Crippen molar-refractivity contribution in [3.05, 3.63) is 28.3 Å². The van der Waals surface area contributed by atoms with Gasteiger partial charge in [-0.3, -0.25) is 14.3 Å². The molecule has 0 bridgehead atoms. The van der Waals surface area contributed by atoms with Gasteiger partial charge in [0.25, 0.3) is 5.91 Å². The van der Waals surface area contributed by atoms with E-state index < -0.39 is 12.1 Å². The molecule has 0 saturated carbocycles. The first kappa shape index (κ1) is 21.9. The van der Waals surface area contributed by atoms with Crippen molar-refractivity contribution in [2.45, 2.75) is 58.7 Å². The monoisotopic (exact) mass is 405 g/mol.